The number of aromatic nitrogens is 3. The fourth-order valence-electron chi connectivity index (χ4n) is 6.90. The van der Waals surface area contributed by atoms with Gasteiger partial charge in [-0.25, -0.2) is 15.0 Å². The van der Waals surface area contributed by atoms with Crippen molar-refractivity contribution in [1.82, 2.24) is 15.0 Å². The molecule has 244 valence electrons. The molecule has 5 nitrogen and oxygen atoms in total. The topological polar surface area (TPSA) is 86.4 Å². The minimum absolute atomic E-state index is 0.184. The minimum Gasteiger partial charge on any atom is -0.299 e. The third-order valence-corrected chi connectivity index (χ3v) is 9.50. The summed E-state index contributed by atoms with van der Waals surface area (Å²) in [6.45, 7) is 0. The van der Waals surface area contributed by atoms with Crippen LogP contribution in [0.1, 0.15) is 11.1 Å². The predicted octanol–water partition coefficient (Wildman–Crippen LogP) is 11.4. The quantitative estimate of drug-likeness (QED) is 0.185. The summed E-state index contributed by atoms with van der Waals surface area (Å²) in [5.74, 6) is 0.628. The summed E-state index contributed by atoms with van der Waals surface area (Å²) in [5, 5.41) is 18.2. The first kappa shape index (κ1) is 30.9. The highest BCUT2D eigenvalue weighted by atomic mass is 14.9. The Morgan fingerprint density at radius 3 is 1.50 bits per heavy atom. The van der Waals surface area contributed by atoms with Crippen LogP contribution in [0.25, 0.3) is 84.4 Å². The molecule has 6 aromatic carbocycles. The van der Waals surface area contributed by atoms with Crippen LogP contribution < -0.4 is 0 Å². The number of nitrogens with zero attached hydrogens (tertiary/aromatic N) is 3. The van der Waals surface area contributed by atoms with Crippen LogP contribution in [0.15, 0.2) is 170 Å². The van der Waals surface area contributed by atoms with Gasteiger partial charge in [-0.1, -0.05) is 133 Å². The van der Waals surface area contributed by atoms with Gasteiger partial charge in [0.05, 0.1) is 34.0 Å². The van der Waals surface area contributed by atoms with Gasteiger partial charge in [0, 0.05) is 38.8 Å². The Morgan fingerprint density at radius 1 is 0.385 bits per heavy atom. The molecule has 2 aromatic heterocycles. The van der Waals surface area contributed by atoms with Crippen LogP contribution >= 0.6 is 0 Å². The van der Waals surface area contributed by atoms with Gasteiger partial charge in [-0.15, -0.1) is 0 Å². The lowest BCUT2D eigenvalue weighted by Crippen LogP contribution is -2.17. The first-order valence-corrected chi connectivity index (χ1v) is 17.2. The lowest BCUT2D eigenvalue weighted by Gasteiger charge is -2.19. The molecule has 5 heteroatoms. The first-order chi connectivity index (χ1) is 25.6. The number of benzene rings is 6. The van der Waals surface area contributed by atoms with E-state index in [-0.39, 0.29) is 11.4 Å². The highest BCUT2D eigenvalue weighted by Crippen LogP contribution is 2.37. The monoisotopic (exact) mass is 665 g/mol. The van der Waals surface area contributed by atoms with Crippen molar-refractivity contribution in [3.05, 3.63) is 181 Å². The number of fused-ring (bicyclic) bond motifs is 3. The van der Waals surface area contributed by atoms with E-state index in [2.05, 4.69) is 72.8 Å². The summed E-state index contributed by atoms with van der Waals surface area (Å²) in [4.78, 5) is 15.5. The van der Waals surface area contributed by atoms with Crippen LogP contribution in [-0.4, -0.2) is 26.4 Å². The van der Waals surface area contributed by atoms with E-state index in [1.165, 1.54) is 0 Å². The third kappa shape index (κ3) is 5.70. The molecule has 9 rings (SSSR count). The first-order valence-electron chi connectivity index (χ1n) is 17.2. The van der Waals surface area contributed by atoms with Gasteiger partial charge in [0.15, 0.2) is 5.82 Å². The van der Waals surface area contributed by atoms with E-state index in [1.807, 2.05) is 97.1 Å². The molecule has 1 aliphatic carbocycles. The Morgan fingerprint density at radius 2 is 0.904 bits per heavy atom. The van der Waals surface area contributed by atoms with Crippen molar-refractivity contribution in [2.75, 3.05) is 0 Å². The van der Waals surface area contributed by atoms with Gasteiger partial charge in [0.2, 0.25) is 0 Å². The van der Waals surface area contributed by atoms with Gasteiger partial charge in [0.25, 0.3) is 0 Å². The lowest BCUT2D eigenvalue weighted by atomic mass is 9.87. The van der Waals surface area contributed by atoms with Gasteiger partial charge in [-0.3, -0.25) is 10.8 Å². The Hall–Kier alpha value is -7.11. The van der Waals surface area contributed by atoms with E-state index in [0.29, 0.717) is 5.82 Å². The molecule has 0 atom stereocenters. The maximum absolute atomic E-state index is 8.92. The average molecular weight is 666 g/mol. The summed E-state index contributed by atoms with van der Waals surface area (Å²) in [6, 6.07) is 55.8. The Labute approximate surface area is 301 Å². The summed E-state index contributed by atoms with van der Waals surface area (Å²) in [6.07, 6.45) is 3.59. The number of rotatable bonds is 6. The second kappa shape index (κ2) is 13.0. The van der Waals surface area contributed by atoms with E-state index >= 15 is 0 Å². The Balaban J connectivity index is 1.26. The van der Waals surface area contributed by atoms with Crippen molar-refractivity contribution in [2.45, 2.75) is 0 Å². The minimum atomic E-state index is 0.184. The van der Waals surface area contributed by atoms with E-state index in [4.69, 9.17) is 25.8 Å². The highest BCUT2D eigenvalue weighted by Gasteiger charge is 2.23. The third-order valence-electron chi connectivity index (χ3n) is 9.50. The molecule has 0 saturated heterocycles. The van der Waals surface area contributed by atoms with Gasteiger partial charge in [-0.2, -0.15) is 0 Å². The maximum Gasteiger partial charge on any atom is 0.160 e. The molecule has 0 spiro atoms. The number of hydrogen-bond acceptors (Lipinski definition) is 5. The Bertz CT molecular complexity index is 2630. The highest BCUT2D eigenvalue weighted by molar-refractivity contribution is 6.54. The predicted molar refractivity (Wildman–Crippen MR) is 214 cm³/mol. The van der Waals surface area contributed by atoms with E-state index in [1.54, 1.807) is 6.08 Å². The van der Waals surface area contributed by atoms with Crippen molar-refractivity contribution in [1.29, 1.82) is 10.8 Å². The van der Waals surface area contributed by atoms with E-state index in [0.717, 1.165) is 83.6 Å². The SMILES string of the molecule is N=C1C=Cc2c(-c3ccccc3)nc3cc(-c4cc(-c5cc(-c6ccccc6)cc(-c6ccccc6)c5)nc(-c5ccccc5)n4)ccc3c2C1=N. The molecule has 0 fully saturated rings. The molecule has 52 heavy (non-hydrogen) atoms. The fraction of sp³-hybridized carbons (Fsp3) is 0. The largest absolute Gasteiger partial charge is 0.299 e. The summed E-state index contributed by atoms with van der Waals surface area (Å²) in [5.41, 5.74) is 13.3. The molecule has 0 bridgehead atoms. The molecule has 2 N–H and O–H groups in total. The molecular formula is C47H31N5. The van der Waals surface area contributed by atoms with Gasteiger partial charge in [0.1, 0.15) is 0 Å². The zero-order valence-electron chi connectivity index (χ0n) is 28.1. The van der Waals surface area contributed by atoms with Crippen molar-refractivity contribution < 1.29 is 0 Å². The van der Waals surface area contributed by atoms with Gasteiger partial charge in [-0.05, 0) is 64.7 Å². The normalized spacial score (nSPS) is 12.2. The molecule has 2 heterocycles. The van der Waals surface area contributed by atoms with Crippen LogP contribution in [0, 0.1) is 10.8 Å². The van der Waals surface area contributed by atoms with Crippen LogP contribution in [0.5, 0.6) is 0 Å². The Kier molecular flexibility index (Phi) is 7.71. The van der Waals surface area contributed by atoms with Crippen LogP contribution in [0.4, 0.5) is 0 Å². The maximum atomic E-state index is 8.92. The smallest absolute Gasteiger partial charge is 0.160 e. The van der Waals surface area contributed by atoms with Crippen molar-refractivity contribution in [2.24, 2.45) is 0 Å². The zero-order valence-corrected chi connectivity index (χ0v) is 28.1. The molecular weight excluding hydrogens is 635 g/mol. The van der Waals surface area contributed by atoms with Gasteiger partial charge >= 0.3 is 0 Å². The van der Waals surface area contributed by atoms with E-state index < -0.39 is 0 Å². The zero-order chi connectivity index (χ0) is 35.0. The second-order valence-electron chi connectivity index (χ2n) is 12.8. The second-order valence-corrected chi connectivity index (χ2v) is 12.8. The average Bonchev–Trinajstić information content (AvgIpc) is 3.22. The standard InChI is InChI=1S/C47H31N5/c48-40-24-23-39-44(45(40)49)38-22-21-34(28-43(38)50-46(39)32-17-9-3-10-18-32)41-29-42(52-47(51-41)33-19-11-4-12-20-33)37-26-35(30-13-5-1-6-14-30)25-36(27-37)31-15-7-2-8-16-31/h1-29,48-49H. The summed E-state index contributed by atoms with van der Waals surface area (Å²) < 4.78 is 0. The van der Waals surface area contributed by atoms with Crippen LogP contribution in [0.3, 0.4) is 0 Å². The summed E-state index contributed by atoms with van der Waals surface area (Å²) >= 11 is 0. The molecule has 8 aromatic rings. The molecule has 0 unspecified atom stereocenters. The lowest BCUT2D eigenvalue weighted by molar-refractivity contribution is 1.18. The number of allylic oxidation sites excluding steroid dienone is 1. The summed E-state index contributed by atoms with van der Waals surface area (Å²) in [7, 11) is 0. The number of pyridine rings is 1. The molecule has 0 aliphatic heterocycles. The van der Waals surface area contributed by atoms with Crippen LogP contribution in [-0.2, 0) is 0 Å². The van der Waals surface area contributed by atoms with Crippen LogP contribution in [0.2, 0.25) is 0 Å². The molecule has 0 amide bonds. The molecule has 0 saturated carbocycles. The van der Waals surface area contributed by atoms with Crippen molar-refractivity contribution >= 4 is 28.4 Å². The number of nitrogens with one attached hydrogen (secondary N) is 2. The van der Waals surface area contributed by atoms with Gasteiger partial charge < -0.3 is 0 Å². The fourth-order valence-corrected chi connectivity index (χ4v) is 6.90. The van der Waals surface area contributed by atoms with Crippen molar-refractivity contribution in [3.63, 3.8) is 0 Å². The number of hydrogen-bond donors (Lipinski definition) is 2. The molecule has 0 radical (unpaired) electrons. The molecule has 1 aliphatic rings. The van der Waals surface area contributed by atoms with Crippen molar-refractivity contribution in [3.8, 4) is 67.4 Å². The van der Waals surface area contributed by atoms with E-state index in [9.17, 15) is 0 Å².